The van der Waals surface area contributed by atoms with Crippen molar-refractivity contribution in [3.8, 4) is 0 Å². The molecule has 0 bridgehead atoms. The summed E-state index contributed by atoms with van der Waals surface area (Å²) in [6, 6.07) is 1.45. The molecular weight excluding hydrogens is 206 g/mol. The van der Waals surface area contributed by atoms with Gasteiger partial charge in [0.1, 0.15) is 0 Å². The lowest BCUT2D eigenvalue weighted by molar-refractivity contribution is 0.0838. The molecule has 7 atom stereocenters. The van der Waals surface area contributed by atoms with Crippen molar-refractivity contribution in [1.29, 1.82) is 0 Å². The van der Waals surface area contributed by atoms with Crippen LogP contribution in [0.3, 0.4) is 0 Å². The van der Waals surface area contributed by atoms with Crippen molar-refractivity contribution in [3.63, 3.8) is 0 Å². The van der Waals surface area contributed by atoms with E-state index in [0.717, 1.165) is 35.6 Å². The molecule has 17 heavy (non-hydrogen) atoms. The van der Waals surface area contributed by atoms with Crippen molar-refractivity contribution < 1.29 is 0 Å². The monoisotopic (exact) mass is 239 g/mol. The van der Waals surface area contributed by atoms with E-state index in [1.165, 1.54) is 6.42 Å². The molecule has 0 N–H and O–H groups in total. The predicted molar refractivity (Wildman–Crippen MR) is 77.1 cm³/mol. The van der Waals surface area contributed by atoms with E-state index >= 15 is 0 Å². The Morgan fingerprint density at radius 3 is 1.82 bits per heavy atom. The Kier molecular flexibility index (Phi) is 5.07. The first-order valence-corrected chi connectivity index (χ1v) is 7.54. The van der Waals surface area contributed by atoms with Crippen LogP contribution in [0.25, 0.3) is 0 Å². The summed E-state index contributed by atoms with van der Waals surface area (Å²) in [5.41, 5.74) is 0. The standard InChI is InChI=1S/C16H33N/c1-9-10(2)16-14(6)12(4)11(3)13(5)15(7)17(16)8/h10-16H,9H2,1-8H3. The number of hydrogen-bond acceptors (Lipinski definition) is 1. The molecule has 1 fully saturated rings. The SMILES string of the molecule is CCC(C)C1C(C)C(C)C(C)C(C)C(C)N1C. The topological polar surface area (TPSA) is 3.24 Å². The van der Waals surface area contributed by atoms with Crippen LogP contribution in [0.15, 0.2) is 0 Å². The van der Waals surface area contributed by atoms with Gasteiger partial charge in [-0.3, -0.25) is 4.90 Å². The molecule has 0 radical (unpaired) electrons. The third-order valence-corrected chi connectivity index (χ3v) is 6.13. The number of likely N-dealkylation sites (tertiary alicyclic amines) is 1. The van der Waals surface area contributed by atoms with Gasteiger partial charge in [0.15, 0.2) is 0 Å². The van der Waals surface area contributed by atoms with E-state index < -0.39 is 0 Å². The molecule has 102 valence electrons. The van der Waals surface area contributed by atoms with Crippen molar-refractivity contribution in [2.45, 2.75) is 67.0 Å². The highest BCUT2D eigenvalue weighted by molar-refractivity contribution is 4.93. The van der Waals surface area contributed by atoms with Crippen molar-refractivity contribution in [1.82, 2.24) is 4.90 Å². The van der Waals surface area contributed by atoms with Crippen molar-refractivity contribution in [3.05, 3.63) is 0 Å². The van der Waals surface area contributed by atoms with E-state index in [1.54, 1.807) is 0 Å². The normalized spacial score (nSPS) is 46.6. The number of rotatable bonds is 2. The molecule has 0 spiro atoms. The molecule has 0 aliphatic carbocycles. The first-order chi connectivity index (χ1) is 7.82. The van der Waals surface area contributed by atoms with Crippen molar-refractivity contribution >= 4 is 0 Å². The Balaban J connectivity index is 3.03. The van der Waals surface area contributed by atoms with E-state index in [1.807, 2.05) is 0 Å². The van der Waals surface area contributed by atoms with Gasteiger partial charge >= 0.3 is 0 Å². The highest BCUT2D eigenvalue weighted by Crippen LogP contribution is 2.40. The average molecular weight is 239 g/mol. The molecule has 0 amide bonds. The predicted octanol–water partition coefficient (Wildman–Crippen LogP) is 4.28. The van der Waals surface area contributed by atoms with E-state index in [2.05, 4.69) is 60.4 Å². The first kappa shape index (κ1) is 15.0. The maximum absolute atomic E-state index is 2.67. The van der Waals surface area contributed by atoms with Crippen LogP contribution in [-0.2, 0) is 0 Å². The van der Waals surface area contributed by atoms with Gasteiger partial charge in [-0.1, -0.05) is 48.0 Å². The second-order valence-electron chi connectivity index (χ2n) is 6.72. The lowest BCUT2D eigenvalue weighted by Gasteiger charge is -2.40. The van der Waals surface area contributed by atoms with Gasteiger partial charge in [-0.15, -0.1) is 0 Å². The van der Waals surface area contributed by atoms with Crippen LogP contribution in [0, 0.1) is 29.6 Å². The zero-order valence-electron chi connectivity index (χ0n) is 13.2. The van der Waals surface area contributed by atoms with E-state index in [4.69, 9.17) is 0 Å². The molecule has 0 saturated carbocycles. The van der Waals surface area contributed by atoms with Gasteiger partial charge in [0.2, 0.25) is 0 Å². The largest absolute Gasteiger partial charge is 0.300 e. The van der Waals surface area contributed by atoms with Gasteiger partial charge in [-0.05, 0) is 43.6 Å². The minimum atomic E-state index is 0.705. The Morgan fingerprint density at radius 2 is 1.35 bits per heavy atom. The summed E-state index contributed by atoms with van der Waals surface area (Å²) in [5.74, 6) is 4.06. The molecule has 1 saturated heterocycles. The molecule has 1 aliphatic rings. The van der Waals surface area contributed by atoms with Crippen molar-refractivity contribution in [2.75, 3.05) is 7.05 Å². The average Bonchev–Trinajstić information content (AvgIpc) is 2.37. The second kappa shape index (κ2) is 5.73. The van der Waals surface area contributed by atoms with Gasteiger partial charge in [0.05, 0.1) is 0 Å². The fourth-order valence-corrected chi connectivity index (χ4v) is 3.88. The number of hydrogen-bond donors (Lipinski definition) is 0. The molecular formula is C16H33N. The summed E-state index contributed by atoms with van der Waals surface area (Å²) in [6.07, 6.45) is 1.29. The summed E-state index contributed by atoms with van der Waals surface area (Å²) >= 11 is 0. The Morgan fingerprint density at radius 1 is 0.882 bits per heavy atom. The molecule has 1 heterocycles. The summed E-state index contributed by atoms with van der Waals surface area (Å²) < 4.78 is 0. The molecule has 0 aromatic rings. The Labute approximate surface area is 109 Å². The van der Waals surface area contributed by atoms with Gasteiger partial charge in [-0.2, -0.15) is 0 Å². The van der Waals surface area contributed by atoms with Crippen LogP contribution in [0.1, 0.15) is 54.9 Å². The maximum Gasteiger partial charge on any atom is 0.0149 e. The third kappa shape index (κ3) is 2.70. The summed E-state index contributed by atoms with van der Waals surface area (Å²) in [4.78, 5) is 2.67. The molecule has 7 unspecified atom stereocenters. The van der Waals surface area contributed by atoms with Crippen LogP contribution in [-0.4, -0.2) is 24.0 Å². The van der Waals surface area contributed by atoms with Crippen LogP contribution in [0.4, 0.5) is 0 Å². The zero-order chi connectivity index (χ0) is 13.3. The highest BCUT2D eigenvalue weighted by atomic mass is 15.2. The molecule has 0 aromatic heterocycles. The fourth-order valence-electron chi connectivity index (χ4n) is 3.88. The zero-order valence-corrected chi connectivity index (χ0v) is 13.2. The summed E-state index contributed by atoms with van der Waals surface area (Å²) in [5, 5.41) is 0. The first-order valence-electron chi connectivity index (χ1n) is 7.54. The Bertz CT molecular complexity index is 218. The number of nitrogens with zero attached hydrogens (tertiary/aromatic N) is 1. The molecule has 1 nitrogen and oxygen atoms in total. The van der Waals surface area contributed by atoms with E-state index in [9.17, 15) is 0 Å². The summed E-state index contributed by atoms with van der Waals surface area (Å²) in [7, 11) is 2.35. The highest BCUT2D eigenvalue weighted by Gasteiger charge is 2.41. The smallest absolute Gasteiger partial charge is 0.0149 e. The Hall–Kier alpha value is -0.0400. The third-order valence-electron chi connectivity index (χ3n) is 6.13. The molecule has 1 heteroatoms. The van der Waals surface area contributed by atoms with Crippen LogP contribution in [0.5, 0.6) is 0 Å². The fraction of sp³-hybridized carbons (Fsp3) is 1.00. The van der Waals surface area contributed by atoms with Crippen LogP contribution < -0.4 is 0 Å². The molecule has 1 rings (SSSR count). The quantitative estimate of drug-likeness (QED) is 0.695. The van der Waals surface area contributed by atoms with Gasteiger partial charge in [0, 0.05) is 12.1 Å². The van der Waals surface area contributed by atoms with Gasteiger partial charge in [-0.25, -0.2) is 0 Å². The maximum atomic E-state index is 2.67. The van der Waals surface area contributed by atoms with Gasteiger partial charge < -0.3 is 0 Å². The second-order valence-corrected chi connectivity index (χ2v) is 6.72. The van der Waals surface area contributed by atoms with E-state index in [0.29, 0.717) is 6.04 Å². The van der Waals surface area contributed by atoms with E-state index in [-0.39, 0.29) is 0 Å². The summed E-state index contributed by atoms with van der Waals surface area (Å²) in [6.45, 7) is 17.0. The lowest BCUT2D eigenvalue weighted by Crippen LogP contribution is -2.46. The van der Waals surface area contributed by atoms with Crippen LogP contribution in [0.2, 0.25) is 0 Å². The minimum absolute atomic E-state index is 0.705. The molecule has 1 aliphatic heterocycles. The molecule has 0 aromatic carbocycles. The van der Waals surface area contributed by atoms with Crippen molar-refractivity contribution in [2.24, 2.45) is 29.6 Å². The minimum Gasteiger partial charge on any atom is -0.300 e. The lowest BCUT2D eigenvalue weighted by atomic mass is 9.74. The van der Waals surface area contributed by atoms with Gasteiger partial charge in [0.25, 0.3) is 0 Å². The van der Waals surface area contributed by atoms with Crippen LogP contribution >= 0.6 is 0 Å².